The minimum absolute atomic E-state index is 0.0686. The van der Waals surface area contributed by atoms with Crippen LogP contribution in [-0.2, 0) is 20.1 Å². The molecule has 0 bridgehead atoms. The SMILES string of the molecule is CC#CCn1c(N(C)C[C@H](C)N)nc2c1c(=O)n(Cc1[nH+]cccc1C#N)c(=O)n2C. The highest BCUT2D eigenvalue weighted by Gasteiger charge is 2.23. The van der Waals surface area contributed by atoms with Gasteiger partial charge in [0.1, 0.15) is 18.2 Å². The third-order valence-corrected chi connectivity index (χ3v) is 4.91. The number of nitrogens with zero attached hydrogens (tertiary/aromatic N) is 6. The zero-order valence-corrected chi connectivity index (χ0v) is 18.0. The Balaban J connectivity index is 2.29. The van der Waals surface area contributed by atoms with Crippen molar-refractivity contribution in [1.82, 2.24) is 18.7 Å². The van der Waals surface area contributed by atoms with Crippen LogP contribution < -0.4 is 26.9 Å². The summed E-state index contributed by atoms with van der Waals surface area (Å²) in [6, 6.07) is 5.27. The van der Waals surface area contributed by atoms with Gasteiger partial charge in [-0.1, -0.05) is 5.92 Å². The predicted molar refractivity (Wildman–Crippen MR) is 116 cm³/mol. The van der Waals surface area contributed by atoms with E-state index >= 15 is 0 Å². The Labute approximate surface area is 179 Å². The van der Waals surface area contributed by atoms with Crippen LogP contribution in [0.2, 0.25) is 0 Å². The summed E-state index contributed by atoms with van der Waals surface area (Å²) in [5, 5.41) is 9.35. The number of likely N-dealkylation sites (N-methyl/N-ethyl adjacent to an activating group) is 1. The van der Waals surface area contributed by atoms with E-state index in [-0.39, 0.29) is 30.3 Å². The number of nitrogens with one attached hydrogen (secondary N) is 1. The van der Waals surface area contributed by atoms with Crippen LogP contribution in [0.5, 0.6) is 0 Å². The molecule has 3 N–H and O–H groups in total. The molecule has 0 amide bonds. The Bertz CT molecular complexity index is 1340. The van der Waals surface area contributed by atoms with Crippen LogP contribution in [0.4, 0.5) is 5.95 Å². The normalized spacial score (nSPS) is 11.6. The molecule has 0 saturated heterocycles. The fourth-order valence-electron chi connectivity index (χ4n) is 3.48. The standard InChI is InChI=1S/C21H24N8O2/c1-5-6-10-28-17-18(25-20(28)26(3)12-14(2)23)27(4)21(31)29(19(17)30)13-16-15(11-22)8-7-9-24-16/h7-9,14H,10,12-13,23H2,1-4H3/p+1/t14-/m0/s1. The third-order valence-electron chi connectivity index (χ3n) is 4.91. The number of pyridine rings is 1. The van der Waals surface area contributed by atoms with Crippen LogP contribution >= 0.6 is 0 Å². The number of imidazole rings is 1. The predicted octanol–water partition coefficient (Wildman–Crippen LogP) is -0.563. The molecule has 0 spiro atoms. The quantitative estimate of drug-likeness (QED) is 0.531. The summed E-state index contributed by atoms with van der Waals surface area (Å²) in [6.07, 6.45) is 1.65. The smallest absolute Gasteiger partial charge is 0.333 e. The van der Waals surface area contributed by atoms with Gasteiger partial charge in [0.15, 0.2) is 17.4 Å². The maximum Gasteiger partial charge on any atom is 0.333 e. The lowest BCUT2D eigenvalue weighted by molar-refractivity contribution is -0.391. The molecule has 0 saturated carbocycles. The van der Waals surface area contributed by atoms with Crippen LogP contribution in [0.15, 0.2) is 27.9 Å². The molecule has 10 nitrogen and oxygen atoms in total. The summed E-state index contributed by atoms with van der Waals surface area (Å²) in [5.41, 5.74) is 6.29. The minimum Gasteiger partial charge on any atom is -0.344 e. The van der Waals surface area contributed by atoms with Crippen LogP contribution in [-0.4, -0.2) is 38.3 Å². The number of aryl methyl sites for hydroxylation is 1. The van der Waals surface area contributed by atoms with Gasteiger partial charge in [0.2, 0.25) is 11.6 Å². The van der Waals surface area contributed by atoms with E-state index in [4.69, 9.17) is 5.73 Å². The molecule has 31 heavy (non-hydrogen) atoms. The first-order valence-electron chi connectivity index (χ1n) is 9.76. The van der Waals surface area contributed by atoms with Gasteiger partial charge in [0.25, 0.3) is 5.56 Å². The lowest BCUT2D eigenvalue weighted by Crippen LogP contribution is -2.41. The number of nitrogens with two attached hydrogens (primary N) is 1. The first-order chi connectivity index (χ1) is 14.8. The Kier molecular flexibility index (Phi) is 6.23. The molecule has 0 fully saturated rings. The van der Waals surface area contributed by atoms with Gasteiger partial charge in [-0.25, -0.2) is 14.3 Å². The van der Waals surface area contributed by atoms with E-state index in [1.165, 1.54) is 4.57 Å². The van der Waals surface area contributed by atoms with Gasteiger partial charge >= 0.3 is 5.69 Å². The number of hydrogen-bond donors (Lipinski definition) is 1. The fourth-order valence-corrected chi connectivity index (χ4v) is 3.48. The van der Waals surface area contributed by atoms with Gasteiger partial charge in [-0.05, 0) is 19.9 Å². The van der Waals surface area contributed by atoms with Gasteiger partial charge in [0.05, 0.1) is 6.54 Å². The number of anilines is 1. The first kappa shape index (κ1) is 21.8. The summed E-state index contributed by atoms with van der Waals surface area (Å²) < 4.78 is 4.14. The average molecular weight is 421 g/mol. The van der Waals surface area contributed by atoms with Crippen molar-refractivity contribution in [1.29, 1.82) is 5.26 Å². The molecule has 0 unspecified atom stereocenters. The Morgan fingerprint density at radius 1 is 1.35 bits per heavy atom. The zero-order chi connectivity index (χ0) is 22.7. The van der Waals surface area contributed by atoms with E-state index in [2.05, 4.69) is 27.9 Å². The van der Waals surface area contributed by atoms with Crippen molar-refractivity contribution in [3.05, 3.63) is 50.4 Å². The average Bonchev–Trinajstić information content (AvgIpc) is 3.13. The van der Waals surface area contributed by atoms with Crippen molar-refractivity contribution < 1.29 is 4.98 Å². The Morgan fingerprint density at radius 3 is 2.74 bits per heavy atom. The first-order valence-corrected chi connectivity index (χ1v) is 9.76. The highest BCUT2D eigenvalue weighted by molar-refractivity contribution is 5.74. The van der Waals surface area contributed by atoms with Crippen molar-refractivity contribution in [3.63, 3.8) is 0 Å². The molecule has 0 aliphatic rings. The highest BCUT2D eigenvalue weighted by atomic mass is 16.2. The van der Waals surface area contributed by atoms with E-state index in [9.17, 15) is 14.9 Å². The van der Waals surface area contributed by atoms with E-state index in [0.29, 0.717) is 23.8 Å². The van der Waals surface area contributed by atoms with E-state index in [1.54, 1.807) is 36.9 Å². The number of hydrogen-bond acceptors (Lipinski definition) is 6. The second-order valence-corrected chi connectivity index (χ2v) is 7.36. The van der Waals surface area contributed by atoms with E-state index in [0.717, 1.165) is 4.57 Å². The van der Waals surface area contributed by atoms with Crippen molar-refractivity contribution in [2.24, 2.45) is 12.8 Å². The molecular weight excluding hydrogens is 396 g/mol. The summed E-state index contributed by atoms with van der Waals surface area (Å²) >= 11 is 0. The molecule has 0 aliphatic carbocycles. The fraction of sp³-hybridized carbons (Fsp3) is 0.381. The Hall–Kier alpha value is -3.89. The number of rotatable bonds is 6. The second-order valence-electron chi connectivity index (χ2n) is 7.36. The topological polar surface area (TPSA) is 129 Å². The van der Waals surface area contributed by atoms with Gasteiger partial charge in [-0.15, -0.1) is 5.92 Å². The highest BCUT2D eigenvalue weighted by Crippen LogP contribution is 2.18. The van der Waals surface area contributed by atoms with Crippen LogP contribution in [0.1, 0.15) is 25.1 Å². The number of aromatic amines is 1. The molecule has 3 aromatic heterocycles. The summed E-state index contributed by atoms with van der Waals surface area (Å²) in [5.74, 6) is 6.31. The second kappa shape index (κ2) is 8.86. The minimum atomic E-state index is -0.522. The molecule has 3 heterocycles. The molecule has 0 aromatic carbocycles. The molecule has 3 rings (SSSR count). The van der Waals surface area contributed by atoms with Crippen molar-refractivity contribution in [3.8, 4) is 17.9 Å². The summed E-state index contributed by atoms with van der Waals surface area (Å²) in [4.78, 5) is 35.8. The lowest BCUT2D eigenvalue weighted by Gasteiger charge is -2.20. The van der Waals surface area contributed by atoms with Gasteiger partial charge < -0.3 is 10.6 Å². The Morgan fingerprint density at radius 2 is 2.10 bits per heavy atom. The molecule has 160 valence electrons. The van der Waals surface area contributed by atoms with Crippen LogP contribution in [0, 0.1) is 23.2 Å². The molecule has 0 radical (unpaired) electrons. The monoisotopic (exact) mass is 421 g/mol. The lowest BCUT2D eigenvalue weighted by atomic mass is 10.2. The third kappa shape index (κ3) is 4.06. The maximum atomic E-state index is 13.4. The van der Waals surface area contributed by atoms with Gasteiger partial charge in [-0.2, -0.15) is 10.2 Å². The van der Waals surface area contributed by atoms with Gasteiger partial charge in [0, 0.05) is 32.7 Å². The molecule has 10 heteroatoms. The number of fused-ring (bicyclic) bond motifs is 1. The van der Waals surface area contributed by atoms with E-state index in [1.807, 2.05) is 18.9 Å². The summed E-state index contributed by atoms with van der Waals surface area (Å²) in [7, 11) is 3.40. The molecular formula is C21H25N8O2+. The maximum absolute atomic E-state index is 13.4. The molecule has 3 aromatic rings. The van der Waals surface area contributed by atoms with Crippen molar-refractivity contribution >= 4 is 17.1 Å². The van der Waals surface area contributed by atoms with Crippen molar-refractivity contribution in [2.75, 3.05) is 18.5 Å². The van der Waals surface area contributed by atoms with Crippen LogP contribution in [0.3, 0.4) is 0 Å². The number of aromatic nitrogens is 5. The van der Waals surface area contributed by atoms with Crippen molar-refractivity contribution in [2.45, 2.75) is 33.0 Å². The van der Waals surface area contributed by atoms with Gasteiger partial charge in [-0.3, -0.25) is 13.9 Å². The number of nitriles is 1. The molecule has 0 aliphatic heterocycles. The van der Waals surface area contributed by atoms with Crippen LogP contribution in [0.25, 0.3) is 11.2 Å². The zero-order valence-electron chi connectivity index (χ0n) is 18.0. The molecule has 1 atom stereocenters. The number of H-pyrrole nitrogens is 1. The largest absolute Gasteiger partial charge is 0.344 e. The summed E-state index contributed by atoms with van der Waals surface area (Å²) in [6.45, 7) is 4.27. The van der Waals surface area contributed by atoms with E-state index < -0.39 is 11.2 Å².